The molecule has 0 saturated carbocycles. The molecule has 4 nitrogen and oxygen atoms in total. The largest absolute Gasteiger partial charge is 0.330 e. The van der Waals surface area contributed by atoms with Gasteiger partial charge in [-0.2, -0.15) is 5.26 Å². The van der Waals surface area contributed by atoms with Crippen LogP contribution in [0, 0.1) is 11.3 Å². The van der Waals surface area contributed by atoms with Crippen molar-refractivity contribution in [3.8, 4) is 6.07 Å². The van der Waals surface area contributed by atoms with E-state index in [0.717, 1.165) is 42.2 Å². The van der Waals surface area contributed by atoms with Gasteiger partial charge in [0.1, 0.15) is 0 Å². The van der Waals surface area contributed by atoms with Crippen molar-refractivity contribution in [1.82, 2.24) is 14.9 Å². The summed E-state index contributed by atoms with van der Waals surface area (Å²) in [6, 6.07) is 17.7. The molecule has 0 saturated heterocycles. The maximum atomic E-state index is 8.87. The third kappa shape index (κ3) is 4.69. The summed E-state index contributed by atoms with van der Waals surface area (Å²) in [5.41, 5.74) is 4.12. The van der Waals surface area contributed by atoms with Crippen molar-refractivity contribution in [1.29, 1.82) is 5.26 Å². The van der Waals surface area contributed by atoms with Gasteiger partial charge in [-0.1, -0.05) is 41.9 Å². The molecule has 25 heavy (non-hydrogen) atoms. The molecular formula is C20H19ClN4. The molecule has 0 unspecified atom stereocenters. The molecule has 1 heterocycles. The Labute approximate surface area is 152 Å². The van der Waals surface area contributed by atoms with Crippen molar-refractivity contribution in [3.63, 3.8) is 0 Å². The van der Waals surface area contributed by atoms with Crippen LogP contribution in [0.2, 0.25) is 5.02 Å². The van der Waals surface area contributed by atoms with E-state index < -0.39 is 0 Å². The minimum absolute atomic E-state index is 0.679. The quantitative estimate of drug-likeness (QED) is 0.659. The molecule has 126 valence electrons. The fraction of sp³-hybridized carbons (Fsp3) is 0.200. The summed E-state index contributed by atoms with van der Waals surface area (Å²) in [4.78, 5) is 4.26. The fourth-order valence-electron chi connectivity index (χ4n) is 2.66. The molecule has 5 heteroatoms. The van der Waals surface area contributed by atoms with Crippen LogP contribution < -0.4 is 5.32 Å². The van der Waals surface area contributed by atoms with E-state index in [1.807, 2.05) is 61.1 Å². The molecule has 1 aromatic heterocycles. The molecule has 1 N–H and O–H groups in total. The van der Waals surface area contributed by atoms with Gasteiger partial charge >= 0.3 is 0 Å². The van der Waals surface area contributed by atoms with Gasteiger partial charge in [-0.05, 0) is 29.3 Å². The van der Waals surface area contributed by atoms with Gasteiger partial charge in [0.25, 0.3) is 0 Å². The van der Waals surface area contributed by atoms with E-state index in [4.69, 9.17) is 16.9 Å². The third-order valence-corrected chi connectivity index (χ3v) is 4.43. The summed E-state index contributed by atoms with van der Waals surface area (Å²) in [5, 5.41) is 13.1. The molecule has 3 rings (SSSR count). The van der Waals surface area contributed by atoms with Crippen molar-refractivity contribution in [2.45, 2.75) is 19.5 Å². The van der Waals surface area contributed by atoms with E-state index in [2.05, 4.69) is 20.9 Å². The third-order valence-electron chi connectivity index (χ3n) is 4.07. The van der Waals surface area contributed by atoms with Gasteiger partial charge in [0, 0.05) is 43.0 Å². The molecule has 0 fully saturated rings. The summed E-state index contributed by atoms with van der Waals surface area (Å²) < 4.78 is 2.14. The number of hydrogen-bond acceptors (Lipinski definition) is 3. The van der Waals surface area contributed by atoms with Gasteiger partial charge in [0.15, 0.2) is 0 Å². The van der Waals surface area contributed by atoms with Crippen LogP contribution in [-0.4, -0.2) is 16.1 Å². The number of rotatable bonds is 7. The van der Waals surface area contributed by atoms with Gasteiger partial charge < -0.3 is 9.88 Å². The smallest absolute Gasteiger partial charge is 0.0991 e. The lowest BCUT2D eigenvalue weighted by molar-refractivity contribution is 0.652. The monoisotopic (exact) mass is 350 g/mol. The lowest BCUT2D eigenvalue weighted by Gasteiger charge is -2.10. The maximum Gasteiger partial charge on any atom is 0.0991 e. The molecular weight excluding hydrogens is 332 g/mol. The van der Waals surface area contributed by atoms with Gasteiger partial charge in [-0.25, -0.2) is 4.98 Å². The number of nitriles is 1. The predicted molar refractivity (Wildman–Crippen MR) is 99.3 cm³/mol. The van der Waals surface area contributed by atoms with Crippen molar-refractivity contribution in [2.24, 2.45) is 0 Å². The van der Waals surface area contributed by atoms with Crippen LogP contribution in [-0.2, 0) is 19.5 Å². The highest BCUT2D eigenvalue weighted by atomic mass is 35.5. The first-order valence-electron chi connectivity index (χ1n) is 8.18. The van der Waals surface area contributed by atoms with Crippen LogP contribution in [0.1, 0.15) is 22.4 Å². The normalized spacial score (nSPS) is 10.6. The summed E-state index contributed by atoms with van der Waals surface area (Å²) in [5.74, 6) is 0. The van der Waals surface area contributed by atoms with Gasteiger partial charge in [0.2, 0.25) is 0 Å². The second kappa shape index (κ2) is 8.48. The zero-order chi connectivity index (χ0) is 17.5. The Morgan fingerprint density at radius 2 is 1.92 bits per heavy atom. The number of nitrogens with one attached hydrogen (secondary N) is 1. The molecule has 0 aliphatic heterocycles. The zero-order valence-corrected chi connectivity index (χ0v) is 14.6. The topological polar surface area (TPSA) is 53.6 Å². The van der Waals surface area contributed by atoms with Crippen LogP contribution in [0.15, 0.2) is 61.1 Å². The van der Waals surface area contributed by atoms with E-state index in [9.17, 15) is 0 Å². The standard InChI is InChI=1S/C20H19ClN4/c21-20-4-2-1-3-18(20)12-23-10-9-19-13-24-15-25(19)14-17-7-5-16(11-22)6-8-17/h1-8,13,15,23H,9-10,12,14H2. The molecule has 2 aromatic carbocycles. The summed E-state index contributed by atoms with van der Waals surface area (Å²) in [6.45, 7) is 2.36. The van der Waals surface area contributed by atoms with Crippen molar-refractivity contribution in [3.05, 3.63) is 88.5 Å². The molecule has 0 bridgehead atoms. The Hall–Kier alpha value is -2.61. The van der Waals surface area contributed by atoms with E-state index in [1.165, 1.54) is 5.69 Å². The van der Waals surface area contributed by atoms with E-state index in [1.54, 1.807) is 0 Å². The highest BCUT2D eigenvalue weighted by Crippen LogP contribution is 2.14. The summed E-state index contributed by atoms with van der Waals surface area (Å²) in [6.07, 6.45) is 4.64. The Balaban J connectivity index is 1.53. The Morgan fingerprint density at radius 1 is 1.12 bits per heavy atom. The van der Waals surface area contributed by atoms with Gasteiger partial charge in [0.05, 0.1) is 18.0 Å². The minimum Gasteiger partial charge on any atom is -0.330 e. The fourth-order valence-corrected chi connectivity index (χ4v) is 2.86. The number of halogens is 1. The average molecular weight is 351 g/mol. The van der Waals surface area contributed by atoms with Crippen molar-refractivity contribution < 1.29 is 0 Å². The average Bonchev–Trinajstić information content (AvgIpc) is 3.08. The molecule has 3 aromatic rings. The molecule has 0 spiro atoms. The van der Waals surface area contributed by atoms with Gasteiger partial charge in [-0.3, -0.25) is 0 Å². The zero-order valence-electron chi connectivity index (χ0n) is 13.8. The van der Waals surface area contributed by atoms with Crippen LogP contribution in [0.3, 0.4) is 0 Å². The van der Waals surface area contributed by atoms with Crippen LogP contribution in [0.4, 0.5) is 0 Å². The summed E-state index contributed by atoms with van der Waals surface area (Å²) in [7, 11) is 0. The van der Waals surface area contributed by atoms with Crippen LogP contribution in [0.5, 0.6) is 0 Å². The molecule has 0 radical (unpaired) electrons. The van der Waals surface area contributed by atoms with Crippen LogP contribution >= 0.6 is 11.6 Å². The molecule has 0 amide bonds. The molecule has 0 atom stereocenters. The first kappa shape index (κ1) is 17.2. The number of aromatic nitrogens is 2. The Kier molecular flexibility index (Phi) is 5.84. The lowest BCUT2D eigenvalue weighted by Crippen LogP contribution is -2.18. The van der Waals surface area contributed by atoms with E-state index in [0.29, 0.717) is 5.56 Å². The SMILES string of the molecule is N#Cc1ccc(Cn2cncc2CCNCc2ccccc2Cl)cc1. The minimum atomic E-state index is 0.679. The first-order valence-corrected chi connectivity index (χ1v) is 8.56. The molecule has 0 aliphatic rings. The second-order valence-electron chi connectivity index (χ2n) is 5.84. The Bertz CT molecular complexity index is 862. The number of nitrogens with zero attached hydrogens (tertiary/aromatic N) is 3. The van der Waals surface area contributed by atoms with E-state index in [-0.39, 0.29) is 0 Å². The number of benzene rings is 2. The van der Waals surface area contributed by atoms with Crippen LogP contribution in [0.25, 0.3) is 0 Å². The van der Waals surface area contributed by atoms with E-state index >= 15 is 0 Å². The first-order chi connectivity index (χ1) is 12.3. The van der Waals surface area contributed by atoms with Gasteiger partial charge in [-0.15, -0.1) is 0 Å². The number of hydrogen-bond donors (Lipinski definition) is 1. The maximum absolute atomic E-state index is 8.87. The Morgan fingerprint density at radius 3 is 2.68 bits per heavy atom. The lowest BCUT2D eigenvalue weighted by atomic mass is 10.1. The predicted octanol–water partition coefficient (Wildman–Crippen LogP) is 3.79. The highest BCUT2D eigenvalue weighted by molar-refractivity contribution is 6.31. The van der Waals surface area contributed by atoms with Crippen molar-refractivity contribution >= 4 is 11.6 Å². The van der Waals surface area contributed by atoms with Crippen molar-refractivity contribution in [2.75, 3.05) is 6.54 Å². The molecule has 0 aliphatic carbocycles. The number of imidazole rings is 1. The highest BCUT2D eigenvalue weighted by Gasteiger charge is 2.04. The second-order valence-corrected chi connectivity index (χ2v) is 6.25. The summed E-state index contributed by atoms with van der Waals surface area (Å²) >= 11 is 6.17.